The van der Waals surface area contributed by atoms with E-state index in [0.29, 0.717) is 22.4 Å². The third-order valence-corrected chi connectivity index (χ3v) is 5.88. The molecule has 0 aliphatic heterocycles. The van der Waals surface area contributed by atoms with E-state index < -0.39 is 0 Å². The van der Waals surface area contributed by atoms with Gasteiger partial charge in [-0.05, 0) is 54.3 Å². The van der Waals surface area contributed by atoms with Crippen molar-refractivity contribution in [2.24, 2.45) is 17.3 Å². The highest BCUT2D eigenvalue weighted by molar-refractivity contribution is 7.80. The molecule has 0 unspecified atom stereocenters. The normalized spacial score (nSPS) is 17.3. The van der Waals surface area contributed by atoms with Crippen molar-refractivity contribution in [1.29, 1.82) is 0 Å². The monoisotopic (exact) mass is 367 g/mol. The number of hydrogen-bond donors (Lipinski definition) is 3. The molecule has 1 aliphatic carbocycles. The van der Waals surface area contributed by atoms with Crippen molar-refractivity contribution in [2.75, 3.05) is 6.54 Å². The summed E-state index contributed by atoms with van der Waals surface area (Å²) < 4.78 is 0. The van der Waals surface area contributed by atoms with Gasteiger partial charge in [-0.1, -0.05) is 34.6 Å². The first-order valence-corrected chi connectivity index (χ1v) is 9.90. The third-order valence-electron chi connectivity index (χ3n) is 4.59. The molecule has 1 atom stereocenters. The number of amides is 1. The van der Waals surface area contributed by atoms with Gasteiger partial charge in [-0.25, -0.2) is 0 Å². The van der Waals surface area contributed by atoms with E-state index in [0.717, 1.165) is 31.4 Å². The smallest absolute Gasteiger partial charge is 0.270 e. The number of rotatable bonds is 3. The lowest BCUT2D eigenvalue weighted by molar-refractivity contribution is 0.0942. The van der Waals surface area contributed by atoms with Gasteiger partial charge in [0.1, 0.15) is 0 Å². The van der Waals surface area contributed by atoms with E-state index in [-0.39, 0.29) is 5.91 Å². The molecule has 0 fully saturated rings. The molecular weight excluding hydrogens is 338 g/mol. The Bertz CT molecular complexity index is 602. The summed E-state index contributed by atoms with van der Waals surface area (Å²) in [6.45, 7) is 11.9. The average Bonchev–Trinajstić information content (AvgIpc) is 2.92. The molecule has 24 heavy (non-hydrogen) atoms. The molecule has 3 N–H and O–H groups in total. The first-order valence-electron chi connectivity index (χ1n) is 8.62. The SMILES string of the molecule is CC(C)CNC(=S)NNC(=O)c1csc2c1CC[C@H](C(C)(C)C)C2. The predicted molar refractivity (Wildman–Crippen MR) is 105 cm³/mol. The zero-order valence-electron chi connectivity index (χ0n) is 15.3. The number of carbonyl (C=O) groups excluding carboxylic acids is 1. The van der Waals surface area contributed by atoms with Crippen LogP contribution in [0.15, 0.2) is 5.38 Å². The molecule has 0 bridgehead atoms. The molecule has 4 nitrogen and oxygen atoms in total. The van der Waals surface area contributed by atoms with Gasteiger partial charge in [-0.15, -0.1) is 11.3 Å². The van der Waals surface area contributed by atoms with Gasteiger partial charge >= 0.3 is 0 Å². The Balaban J connectivity index is 1.93. The highest BCUT2D eigenvalue weighted by Crippen LogP contribution is 2.40. The van der Waals surface area contributed by atoms with Crippen molar-refractivity contribution in [3.8, 4) is 0 Å². The Morgan fingerprint density at radius 1 is 1.38 bits per heavy atom. The molecule has 1 amide bonds. The van der Waals surface area contributed by atoms with Crippen molar-refractivity contribution in [2.45, 2.75) is 53.9 Å². The van der Waals surface area contributed by atoms with Crippen LogP contribution >= 0.6 is 23.6 Å². The second-order valence-electron chi connectivity index (χ2n) is 8.04. The Morgan fingerprint density at radius 2 is 2.08 bits per heavy atom. The maximum absolute atomic E-state index is 12.4. The van der Waals surface area contributed by atoms with Crippen LogP contribution in [0.1, 0.15) is 61.8 Å². The molecule has 1 aliphatic rings. The van der Waals surface area contributed by atoms with E-state index in [1.165, 1.54) is 10.4 Å². The molecule has 6 heteroatoms. The second-order valence-corrected chi connectivity index (χ2v) is 9.41. The van der Waals surface area contributed by atoms with Crippen molar-refractivity contribution in [3.05, 3.63) is 21.4 Å². The number of thiophene rings is 1. The Morgan fingerprint density at radius 3 is 2.71 bits per heavy atom. The molecule has 0 radical (unpaired) electrons. The van der Waals surface area contributed by atoms with Gasteiger partial charge in [-0.2, -0.15) is 0 Å². The quantitative estimate of drug-likeness (QED) is 0.564. The van der Waals surface area contributed by atoms with Crippen LogP contribution in [0.2, 0.25) is 0 Å². The minimum absolute atomic E-state index is 0.101. The fourth-order valence-electron chi connectivity index (χ4n) is 2.96. The standard InChI is InChI=1S/C18H29N3OS2/c1-11(2)9-19-17(23)21-20-16(22)14-10-24-15-8-12(18(3,4)5)6-7-13(14)15/h10-12H,6-9H2,1-5H3,(H,20,22)(H2,19,21,23)/t12-/m0/s1. The summed E-state index contributed by atoms with van der Waals surface area (Å²) in [5.41, 5.74) is 7.84. The maximum atomic E-state index is 12.4. The molecule has 2 rings (SSSR count). The zero-order chi connectivity index (χ0) is 17.9. The number of nitrogens with one attached hydrogen (secondary N) is 3. The zero-order valence-corrected chi connectivity index (χ0v) is 16.9. The molecule has 0 saturated heterocycles. The average molecular weight is 368 g/mol. The van der Waals surface area contributed by atoms with E-state index in [1.54, 1.807) is 11.3 Å². The molecule has 0 spiro atoms. The Hall–Kier alpha value is -1.14. The maximum Gasteiger partial charge on any atom is 0.270 e. The van der Waals surface area contributed by atoms with E-state index in [1.807, 2.05) is 5.38 Å². The number of thiocarbonyl (C=S) groups is 1. The highest BCUT2D eigenvalue weighted by atomic mass is 32.1. The minimum Gasteiger partial charge on any atom is -0.361 e. The van der Waals surface area contributed by atoms with Gasteiger partial charge < -0.3 is 5.32 Å². The van der Waals surface area contributed by atoms with Gasteiger partial charge in [-0.3, -0.25) is 15.6 Å². The number of hydrazine groups is 1. The minimum atomic E-state index is -0.101. The highest BCUT2D eigenvalue weighted by Gasteiger charge is 2.31. The van der Waals surface area contributed by atoms with E-state index in [2.05, 4.69) is 50.8 Å². The summed E-state index contributed by atoms with van der Waals surface area (Å²) in [5, 5.41) is 5.51. The van der Waals surface area contributed by atoms with Crippen LogP contribution in [-0.2, 0) is 12.8 Å². The lowest BCUT2D eigenvalue weighted by Gasteiger charge is -2.34. The largest absolute Gasteiger partial charge is 0.361 e. The number of hydrogen-bond acceptors (Lipinski definition) is 3. The predicted octanol–water partition coefficient (Wildman–Crippen LogP) is 3.66. The van der Waals surface area contributed by atoms with Crippen LogP contribution in [0, 0.1) is 17.3 Å². The first-order chi connectivity index (χ1) is 11.2. The summed E-state index contributed by atoms with van der Waals surface area (Å²) in [5.74, 6) is 1.08. The molecule has 0 saturated carbocycles. The Kier molecular flexibility index (Phi) is 6.26. The second kappa shape index (κ2) is 7.83. The molecular formula is C18H29N3OS2. The number of fused-ring (bicyclic) bond motifs is 1. The van der Waals surface area contributed by atoms with Gasteiger partial charge in [0.2, 0.25) is 0 Å². The van der Waals surface area contributed by atoms with Crippen molar-refractivity contribution < 1.29 is 4.79 Å². The molecule has 1 aromatic heterocycles. The van der Waals surface area contributed by atoms with Gasteiger partial charge in [0.25, 0.3) is 5.91 Å². The lowest BCUT2D eigenvalue weighted by Crippen LogP contribution is -2.47. The van der Waals surface area contributed by atoms with E-state index in [4.69, 9.17) is 12.2 Å². The number of carbonyl (C=O) groups is 1. The van der Waals surface area contributed by atoms with Crippen LogP contribution in [0.5, 0.6) is 0 Å². The van der Waals surface area contributed by atoms with Gasteiger partial charge in [0.15, 0.2) is 5.11 Å². The molecule has 1 heterocycles. The summed E-state index contributed by atoms with van der Waals surface area (Å²) in [6, 6.07) is 0. The van der Waals surface area contributed by atoms with Gasteiger partial charge in [0.05, 0.1) is 5.56 Å². The summed E-state index contributed by atoms with van der Waals surface area (Å²) in [6.07, 6.45) is 3.22. The van der Waals surface area contributed by atoms with Crippen LogP contribution in [0.25, 0.3) is 0 Å². The summed E-state index contributed by atoms with van der Waals surface area (Å²) in [4.78, 5) is 13.8. The fourth-order valence-corrected chi connectivity index (χ4v) is 4.26. The van der Waals surface area contributed by atoms with Crippen LogP contribution in [0.4, 0.5) is 0 Å². The topological polar surface area (TPSA) is 53.2 Å². The first kappa shape index (κ1) is 19.2. The summed E-state index contributed by atoms with van der Waals surface area (Å²) >= 11 is 6.87. The van der Waals surface area contributed by atoms with Crippen LogP contribution in [-0.4, -0.2) is 17.6 Å². The molecule has 134 valence electrons. The van der Waals surface area contributed by atoms with Crippen LogP contribution in [0.3, 0.4) is 0 Å². The summed E-state index contributed by atoms with van der Waals surface area (Å²) in [7, 11) is 0. The third kappa shape index (κ3) is 4.93. The fraction of sp³-hybridized carbons (Fsp3) is 0.667. The van der Waals surface area contributed by atoms with E-state index in [9.17, 15) is 4.79 Å². The van der Waals surface area contributed by atoms with Crippen molar-refractivity contribution >= 4 is 34.6 Å². The van der Waals surface area contributed by atoms with Crippen molar-refractivity contribution in [3.63, 3.8) is 0 Å². The molecule has 1 aromatic rings. The van der Waals surface area contributed by atoms with Crippen molar-refractivity contribution in [1.82, 2.24) is 16.2 Å². The molecule has 0 aromatic carbocycles. The van der Waals surface area contributed by atoms with Gasteiger partial charge in [0, 0.05) is 16.8 Å². The lowest BCUT2D eigenvalue weighted by atomic mass is 9.72. The Labute approximate surface area is 154 Å². The van der Waals surface area contributed by atoms with E-state index >= 15 is 0 Å². The van der Waals surface area contributed by atoms with Crippen LogP contribution < -0.4 is 16.2 Å².